The number of nitrogens with zero attached hydrogens (tertiary/aromatic N) is 5. The molecule has 2 aliphatic heterocycles. The molecule has 182 valence electrons. The van der Waals surface area contributed by atoms with Gasteiger partial charge < -0.3 is 14.3 Å². The van der Waals surface area contributed by atoms with E-state index in [0.29, 0.717) is 57.2 Å². The Morgan fingerprint density at radius 2 is 1.76 bits per heavy atom. The van der Waals surface area contributed by atoms with Crippen molar-refractivity contribution in [1.82, 2.24) is 19.9 Å². The fourth-order valence-electron chi connectivity index (χ4n) is 4.67. The Hall–Kier alpha value is -3.09. The van der Waals surface area contributed by atoms with Crippen LogP contribution in [0, 0.1) is 17.2 Å². The second-order valence-corrected chi connectivity index (χ2v) is 9.47. The van der Waals surface area contributed by atoms with E-state index in [9.17, 15) is 18.0 Å². The minimum absolute atomic E-state index is 0.0362. The van der Waals surface area contributed by atoms with Crippen LogP contribution in [-0.4, -0.2) is 52.2 Å². The Labute approximate surface area is 196 Å². The zero-order chi connectivity index (χ0) is 24.5. The van der Waals surface area contributed by atoms with Crippen molar-refractivity contribution in [1.29, 1.82) is 5.26 Å². The molecule has 0 bridgehead atoms. The first-order valence-corrected chi connectivity index (χ1v) is 11.6. The van der Waals surface area contributed by atoms with Gasteiger partial charge in [0.2, 0.25) is 5.89 Å². The molecule has 4 rings (SSSR count). The minimum Gasteiger partial charge on any atom is -0.339 e. The zero-order valence-corrected chi connectivity index (χ0v) is 19.3. The number of carbonyl (C=O) groups excluding carboxylic acids is 1. The number of halogens is 3. The average Bonchev–Trinajstić information content (AvgIpc) is 3.34. The fourth-order valence-corrected chi connectivity index (χ4v) is 4.67. The molecule has 0 N–H and O–H groups in total. The molecular formula is C24H28F3N5O2. The molecule has 7 nitrogen and oxygen atoms in total. The van der Waals surface area contributed by atoms with Crippen LogP contribution >= 0.6 is 0 Å². The number of urea groups is 1. The molecule has 3 heterocycles. The second kappa shape index (κ2) is 9.65. The van der Waals surface area contributed by atoms with Crippen molar-refractivity contribution in [2.75, 3.05) is 26.2 Å². The summed E-state index contributed by atoms with van der Waals surface area (Å²) in [6, 6.07) is 7.29. The average molecular weight is 476 g/mol. The number of nitriles is 1. The number of amides is 2. The highest BCUT2D eigenvalue weighted by Gasteiger charge is 2.37. The summed E-state index contributed by atoms with van der Waals surface area (Å²) in [5.41, 5.74) is 0.0395. The van der Waals surface area contributed by atoms with Crippen molar-refractivity contribution in [3.63, 3.8) is 0 Å². The third kappa shape index (κ3) is 5.18. The van der Waals surface area contributed by atoms with Crippen LogP contribution in [0.3, 0.4) is 0 Å². The van der Waals surface area contributed by atoms with Crippen LogP contribution in [0.2, 0.25) is 0 Å². The topological polar surface area (TPSA) is 86.3 Å². The van der Waals surface area contributed by atoms with E-state index in [1.807, 2.05) is 13.8 Å². The summed E-state index contributed by atoms with van der Waals surface area (Å²) in [5, 5.41) is 13.2. The molecule has 1 aromatic heterocycles. The van der Waals surface area contributed by atoms with E-state index in [1.54, 1.807) is 9.80 Å². The fraction of sp³-hybridized carbons (Fsp3) is 0.583. The Balaban J connectivity index is 1.57. The number of hydrogen-bond acceptors (Lipinski definition) is 5. The van der Waals surface area contributed by atoms with Gasteiger partial charge in [-0.2, -0.15) is 23.4 Å². The van der Waals surface area contributed by atoms with Gasteiger partial charge in [-0.1, -0.05) is 31.1 Å². The van der Waals surface area contributed by atoms with Crippen molar-refractivity contribution >= 4 is 6.03 Å². The van der Waals surface area contributed by atoms with Gasteiger partial charge in [-0.05, 0) is 37.0 Å². The lowest BCUT2D eigenvalue weighted by molar-refractivity contribution is -0.137. The van der Waals surface area contributed by atoms with Crippen LogP contribution in [0.5, 0.6) is 0 Å². The number of rotatable bonds is 3. The quantitative estimate of drug-likeness (QED) is 0.614. The van der Waals surface area contributed by atoms with E-state index in [0.717, 1.165) is 17.7 Å². The maximum atomic E-state index is 13.4. The van der Waals surface area contributed by atoms with Gasteiger partial charge >= 0.3 is 12.2 Å². The molecule has 0 spiro atoms. The molecule has 2 amide bonds. The lowest BCUT2D eigenvalue weighted by Gasteiger charge is -2.40. The number of hydrogen-bond donors (Lipinski definition) is 0. The zero-order valence-electron chi connectivity index (χ0n) is 19.3. The normalized spacial score (nSPS) is 22.1. The molecule has 2 saturated heterocycles. The molecule has 0 radical (unpaired) electrons. The first-order valence-electron chi connectivity index (χ1n) is 11.6. The second-order valence-electron chi connectivity index (χ2n) is 9.47. The Morgan fingerprint density at radius 1 is 1.12 bits per heavy atom. The van der Waals surface area contributed by atoms with E-state index < -0.39 is 11.7 Å². The third-order valence-electron chi connectivity index (χ3n) is 6.70. The lowest BCUT2D eigenvalue weighted by atomic mass is 9.84. The summed E-state index contributed by atoms with van der Waals surface area (Å²) < 4.78 is 44.6. The molecule has 2 aliphatic rings. The van der Waals surface area contributed by atoms with Crippen molar-refractivity contribution < 1.29 is 22.5 Å². The molecule has 0 aliphatic carbocycles. The highest BCUT2D eigenvalue weighted by atomic mass is 19.4. The molecule has 0 saturated carbocycles. The summed E-state index contributed by atoms with van der Waals surface area (Å²) >= 11 is 0. The van der Waals surface area contributed by atoms with E-state index in [4.69, 9.17) is 9.78 Å². The van der Waals surface area contributed by atoms with Crippen LogP contribution in [0.4, 0.5) is 18.0 Å². The van der Waals surface area contributed by atoms with E-state index in [1.165, 1.54) is 12.1 Å². The lowest BCUT2D eigenvalue weighted by Crippen LogP contribution is -2.51. The molecule has 2 fully saturated rings. The van der Waals surface area contributed by atoms with E-state index >= 15 is 0 Å². The van der Waals surface area contributed by atoms with Gasteiger partial charge in [-0.3, -0.25) is 0 Å². The molecule has 2 aromatic rings. The van der Waals surface area contributed by atoms with Gasteiger partial charge in [0.25, 0.3) is 0 Å². The predicted octanol–water partition coefficient (Wildman–Crippen LogP) is 5.14. The Bertz CT molecular complexity index is 1040. The van der Waals surface area contributed by atoms with Gasteiger partial charge in [-0.25, -0.2) is 4.79 Å². The molecule has 10 heteroatoms. The van der Waals surface area contributed by atoms with Gasteiger partial charge in [0.1, 0.15) is 0 Å². The van der Waals surface area contributed by atoms with Gasteiger partial charge in [0.05, 0.1) is 17.6 Å². The smallest absolute Gasteiger partial charge is 0.339 e. The first kappa shape index (κ1) is 24.0. The van der Waals surface area contributed by atoms with Crippen LogP contribution in [-0.2, 0) is 6.18 Å². The molecule has 34 heavy (non-hydrogen) atoms. The third-order valence-corrected chi connectivity index (χ3v) is 6.70. The maximum Gasteiger partial charge on any atom is 0.416 e. The summed E-state index contributed by atoms with van der Waals surface area (Å²) in [7, 11) is 0. The largest absolute Gasteiger partial charge is 0.416 e. The monoisotopic (exact) mass is 475 g/mol. The summed E-state index contributed by atoms with van der Waals surface area (Å²) in [5.74, 6) is 0.693. The summed E-state index contributed by atoms with van der Waals surface area (Å²) in [4.78, 5) is 21.4. The number of alkyl halides is 3. The number of likely N-dealkylation sites (tertiary alicyclic amines) is 2. The SMILES string of the molecule is CC(C)c1noc(C2CC(c3ccc(C(F)(F)F)cc3)CN(C(=O)N3CCC(C#N)CC3)C2)n1. The van der Waals surface area contributed by atoms with Gasteiger partial charge in [0, 0.05) is 43.9 Å². The maximum absolute atomic E-state index is 13.4. The van der Waals surface area contributed by atoms with Crippen LogP contribution in [0.1, 0.15) is 73.7 Å². The van der Waals surface area contributed by atoms with Crippen molar-refractivity contribution in [2.24, 2.45) is 5.92 Å². The number of piperidine rings is 2. The highest BCUT2D eigenvalue weighted by molar-refractivity contribution is 5.75. The van der Waals surface area contributed by atoms with Crippen LogP contribution in [0.25, 0.3) is 0 Å². The number of aromatic nitrogens is 2. The number of carbonyl (C=O) groups is 1. The van der Waals surface area contributed by atoms with E-state index in [-0.39, 0.29) is 29.7 Å². The standard InChI is InChI=1S/C24H28F3N5O2/c1-15(2)21-29-22(34-30-21)19-11-18(17-3-5-20(6-4-17)24(25,26)27)13-32(14-19)23(33)31-9-7-16(12-28)8-10-31/h3-6,15-16,18-19H,7-11,13-14H2,1-2H3. The first-order chi connectivity index (χ1) is 16.2. The van der Waals surface area contributed by atoms with E-state index in [2.05, 4.69) is 16.2 Å². The Kier molecular flexibility index (Phi) is 6.82. The highest BCUT2D eigenvalue weighted by Crippen LogP contribution is 2.37. The van der Waals surface area contributed by atoms with Crippen molar-refractivity contribution in [3.05, 3.63) is 47.1 Å². The molecule has 1 aromatic carbocycles. The summed E-state index contributed by atoms with van der Waals surface area (Å²) in [6.45, 7) is 5.74. The van der Waals surface area contributed by atoms with Crippen LogP contribution in [0.15, 0.2) is 28.8 Å². The summed E-state index contributed by atoms with van der Waals surface area (Å²) in [6.07, 6.45) is -2.53. The van der Waals surface area contributed by atoms with Gasteiger partial charge in [0.15, 0.2) is 5.82 Å². The molecular weight excluding hydrogens is 447 g/mol. The predicted molar refractivity (Wildman–Crippen MR) is 117 cm³/mol. The van der Waals surface area contributed by atoms with Crippen molar-refractivity contribution in [3.8, 4) is 6.07 Å². The minimum atomic E-state index is -4.40. The number of benzene rings is 1. The molecule has 2 unspecified atom stereocenters. The Morgan fingerprint density at radius 3 is 2.32 bits per heavy atom. The molecule has 2 atom stereocenters. The van der Waals surface area contributed by atoms with Crippen LogP contribution < -0.4 is 0 Å². The van der Waals surface area contributed by atoms with Gasteiger partial charge in [-0.15, -0.1) is 0 Å². The van der Waals surface area contributed by atoms with Crippen molar-refractivity contribution in [2.45, 2.75) is 57.0 Å².